The molecular weight excluding hydrogens is 289 g/mol. The monoisotopic (exact) mass is 305 g/mol. The van der Waals surface area contributed by atoms with E-state index in [9.17, 15) is 9.18 Å². The largest absolute Gasteiger partial charge is 0.368 e. The normalized spacial score (nSPS) is 10.2. The summed E-state index contributed by atoms with van der Waals surface area (Å²) in [5, 5.41) is 5.48. The van der Waals surface area contributed by atoms with Crippen molar-refractivity contribution in [1.82, 2.24) is 4.98 Å². The average Bonchev–Trinajstić information content (AvgIpc) is 2.49. The summed E-state index contributed by atoms with van der Waals surface area (Å²) >= 11 is 1.57. The predicted octanol–water partition coefficient (Wildman–Crippen LogP) is 3.63. The molecular formula is C15H16FN3OS. The lowest BCUT2D eigenvalue weighted by molar-refractivity contribution is 0.102. The van der Waals surface area contributed by atoms with Gasteiger partial charge in [-0.2, -0.15) is 0 Å². The van der Waals surface area contributed by atoms with Crippen LogP contribution in [0, 0.1) is 5.82 Å². The van der Waals surface area contributed by atoms with E-state index in [1.165, 1.54) is 12.3 Å². The van der Waals surface area contributed by atoms with E-state index in [-0.39, 0.29) is 11.4 Å². The molecule has 0 aliphatic carbocycles. The molecule has 0 saturated carbocycles. The molecule has 2 aromatic rings. The Morgan fingerprint density at radius 2 is 2.19 bits per heavy atom. The van der Waals surface area contributed by atoms with Crippen molar-refractivity contribution in [2.75, 3.05) is 23.4 Å². The zero-order chi connectivity index (χ0) is 15.2. The van der Waals surface area contributed by atoms with Gasteiger partial charge in [0, 0.05) is 23.3 Å². The zero-order valence-electron chi connectivity index (χ0n) is 11.8. The van der Waals surface area contributed by atoms with Gasteiger partial charge in [0.1, 0.15) is 0 Å². The Balaban J connectivity index is 2.22. The first-order valence-electron chi connectivity index (χ1n) is 6.49. The molecule has 0 radical (unpaired) electrons. The summed E-state index contributed by atoms with van der Waals surface area (Å²) in [4.78, 5) is 17.1. The van der Waals surface area contributed by atoms with Crippen molar-refractivity contribution in [2.45, 2.75) is 11.8 Å². The lowest BCUT2D eigenvalue weighted by Gasteiger charge is -2.09. The van der Waals surface area contributed by atoms with E-state index >= 15 is 0 Å². The number of nitrogens with zero attached hydrogens (tertiary/aromatic N) is 1. The summed E-state index contributed by atoms with van der Waals surface area (Å²) in [5.74, 6) is -1.05. The highest BCUT2D eigenvalue weighted by Gasteiger charge is 2.16. The highest BCUT2D eigenvalue weighted by Crippen LogP contribution is 2.21. The Kier molecular flexibility index (Phi) is 5.16. The maximum absolute atomic E-state index is 14.2. The molecule has 0 aliphatic rings. The van der Waals surface area contributed by atoms with Crippen LogP contribution in [0.1, 0.15) is 17.3 Å². The second-order valence-corrected chi connectivity index (χ2v) is 5.12. The van der Waals surface area contributed by atoms with Crippen molar-refractivity contribution < 1.29 is 9.18 Å². The van der Waals surface area contributed by atoms with E-state index in [1.807, 2.05) is 31.4 Å². The Hall–Kier alpha value is -2.08. The van der Waals surface area contributed by atoms with Gasteiger partial charge in [-0.1, -0.05) is 6.07 Å². The quantitative estimate of drug-likeness (QED) is 0.828. The minimum absolute atomic E-state index is 0.0319. The van der Waals surface area contributed by atoms with Gasteiger partial charge < -0.3 is 10.6 Å². The molecule has 0 fully saturated rings. The van der Waals surface area contributed by atoms with E-state index in [0.717, 1.165) is 4.90 Å². The molecule has 2 N–H and O–H groups in total. The molecule has 0 bridgehead atoms. The van der Waals surface area contributed by atoms with Crippen molar-refractivity contribution in [1.29, 1.82) is 0 Å². The van der Waals surface area contributed by atoms with Gasteiger partial charge in [-0.3, -0.25) is 4.79 Å². The zero-order valence-corrected chi connectivity index (χ0v) is 12.6. The number of carbonyl (C=O) groups is 1. The summed E-state index contributed by atoms with van der Waals surface area (Å²) in [6, 6.07) is 8.75. The molecule has 6 heteroatoms. The first-order chi connectivity index (χ1) is 10.2. The number of hydrogen-bond acceptors (Lipinski definition) is 4. The molecule has 1 aromatic carbocycles. The van der Waals surface area contributed by atoms with E-state index in [1.54, 1.807) is 17.8 Å². The number of amides is 1. The van der Waals surface area contributed by atoms with Crippen molar-refractivity contribution in [2.24, 2.45) is 0 Å². The number of hydrogen-bond donors (Lipinski definition) is 2. The Labute approximate surface area is 127 Å². The van der Waals surface area contributed by atoms with E-state index in [0.29, 0.717) is 12.2 Å². The molecule has 0 unspecified atom stereocenters. The van der Waals surface area contributed by atoms with E-state index < -0.39 is 11.7 Å². The van der Waals surface area contributed by atoms with Gasteiger partial charge in [0.2, 0.25) is 0 Å². The maximum atomic E-state index is 14.2. The molecule has 110 valence electrons. The minimum atomic E-state index is -0.641. The summed E-state index contributed by atoms with van der Waals surface area (Å²) in [6.45, 7) is 2.37. The predicted molar refractivity (Wildman–Crippen MR) is 84.5 cm³/mol. The number of thioether (sulfide) groups is 1. The SMILES string of the molecule is CCNc1nccc(C(=O)Nc2cccc(SC)c2)c1F. The van der Waals surface area contributed by atoms with Crippen molar-refractivity contribution >= 4 is 29.2 Å². The Morgan fingerprint density at radius 3 is 2.90 bits per heavy atom. The summed E-state index contributed by atoms with van der Waals surface area (Å²) in [7, 11) is 0. The van der Waals surface area contributed by atoms with Crippen LogP contribution in [-0.2, 0) is 0 Å². The molecule has 1 aromatic heterocycles. The maximum Gasteiger partial charge on any atom is 0.258 e. The smallest absolute Gasteiger partial charge is 0.258 e. The van der Waals surface area contributed by atoms with Crippen LogP contribution in [0.15, 0.2) is 41.4 Å². The molecule has 4 nitrogen and oxygen atoms in total. The fourth-order valence-corrected chi connectivity index (χ4v) is 2.27. The molecule has 1 amide bonds. The number of rotatable bonds is 5. The summed E-state index contributed by atoms with van der Waals surface area (Å²) in [5.41, 5.74) is 0.601. The lowest BCUT2D eigenvalue weighted by atomic mass is 10.2. The molecule has 2 rings (SSSR count). The van der Waals surface area contributed by atoms with Gasteiger partial charge in [0.15, 0.2) is 11.6 Å². The molecule has 21 heavy (non-hydrogen) atoms. The van der Waals surface area contributed by atoms with Gasteiger partial charge in [-0.15, -0.1) is 11.8 Å². The van der Waals surface area contributed by atoms with Gasteiger partial charge in [-0.05, 0) is 37.4 Å². The summed E-state index contributed by atoms with van der Waals surface area (Å²) in [6.07, 6.45) is 3.36. The van der Waals surface area contributed by atoms with Crippen LogP contribution in [-0.4, -0.2) is 23.7 Å². The topological polar surface area (TPSA) is 54.0 Å². The van der Waals surface area contributed by atoms with Gasteiger partial charge in [0.05, 0.1) is 5.56 Å². The van der Waals surface area contributed by atoms with Crippen LogP contribution in [0.5, 0.6) is 0 Å². The third kappa shape index (κ3) is 3.72. The van der Waals surface area contributed by atoms with Crippen molar-refractivity contribution in [3.05, 3.63) is 47.9 Å². The van der Waals surface area contributed by atoms with Crippen molar-refractivity contribution in [3.63, 3.8) is 0 Å². The number of pyridine rings is 1. The summed E-state index contributed by atoms with van der Waals surface area (Å²) < 4.78 is 14.2. The molecule has 0 atom stereocenters. The van der Waals surface area contributed by atoms with Crippen molar-refractivity contribution in [3.8, 4) is 0 Å². The highest BCUT2D eigenvalue weighted by molar-refractivity contribution is 7.98. The number of halogens is 1. The number of aromatic nitrogens is 1. The Bertz CT molecular complexity index is 649. The molecule has 0 aliphatic heterocycles. The molecule has 0 spiro atoms. The number of carbonyl (C=O) groups excluding carboxylic acids is 1. The molecule has 0 saturated heterocycles. The van der Waals surface area contributed by atoms with Crippen LogP contribution >= 0.6 is 11.8 Å². The van der Waals surface area contributed by atoms with Gasteiger partial charge in [-0.25, -0.2) is 9.37 Å². The lowest BCUT2D eigenvalue weighted by Crippen LogP contribution is -2.15. The van der Waals surface area contributed by atoms with E-state index in [2.05, 4.69) is 15.6 Å². The number of benzene rings is 1. The second-order valence-electron chi connectivity index (χ2n) is 4.24. The standard InChI is InChI=1S/C15H16FN3OS/c1-3-17-14-13(16)12(7-8-18-14)15(20)19-10-5-4-6-11(9-10)21-2/h4-9H,3H2,1-2H3,(H,17,18)(H,19,20). The fourth-order valence-electron chi connectivity index (χ4n) is 1.81. The third-order valence-corrected chi connectivity index (χ3v) is 3.53. The first-order valence-corrected chi connectivity index (χ1v) is 7.72. The first kappa shape index (κ1) is 15.3. The minimum Gasteiger partial charge on any atom is -0.368 e. The highest BCUT2D eigenvalue weighted by atomic mass is 32.2. The number of anilines is 2. The third-order valence-electron chi connectivity index (χ3n) is 2.81. The van der Waals surface area contributed by atoms with Crippen LogP contribution in [0.3, 0.4) is 0 Å². The van der Waals surface area contributed by atoms with Crippen LogP contribution in [0.2, 0.25) is 0 Å². The fraction of sp³-hybridized carbons (Fsp3) is 0.200. The van der Waals surface area contributed by atoms with E-state index in [4.69, 9.17) is 0 Å². The Morgan fingerprint density at radius 1 is 1.38 bits per heavy atom. The van der Waals surface area contributed by atoms with Crippen LogP contribution < -0.4 is 10.6 Å². The van der Waals surface area contributed by atoms with Gasteiger partial charge in [0.25, 0.3) is 5.91 Å². The number of nitrogens with one attached hydrogen (secondary N) is 2. The van der Waals surface area contributed by atoms with Gasteiger partial charge >= 0.3 is 0 Å². The van der Waals surface area contributed by atoms with Crippen LogP contribution in [0.25, 0.3) is 0 Å². The molecule has 1 heterocycles. The average molecular weight is 305 g/mol. The second kappa shape index (κ2) is 7.08. The van der Waals surface area contributed by atoms with Crippen LogP contribution in [0.4, 0.5) is 15.9 Å².